The minimum absolute atomic E-state index is 0.284. The van der Waals surface area contributed by atoms with E-state index in [0.717, 1.165) is 30.7 Å². The second-order valence-electron chi connectivity index (χ2n) is 4.51. The summed E-state index contributed by atoms with van der Waals surface area (Å²) in [6, 6.07) is 6.37. The third kappa shape index (κ3) is 3.44. The van der Waals surface area contributed by atoms with Crippen LogP contribution in [-0.2, 0) is 4.74 Å². The molecule has 1 atom stereocenters. The molecule has 0 bridgehead atoms. The van der Waals surface area contributed by atoms with Crippen molar-refractivity contribution in [2.45, 2.75) is 13.0 Å². The Hall–Kier alpha value is -0.580. The summed E-state index contributed by atoms with van der Waals surface area (Å²) in [5.74, 6) is 0. The normalized spacial score (nSPS) is 20.3. The largest absolute Gasteiger partial charge is 0.374 e. The first-order valence-electron chi connectivity index (χ1n) is 5.96. The molecule has 0 aromatic heterocycles. The number of anilines is 1. The lowest BCUT2D eigenvalue weighted by Crippen LogP contribution is -2.44. The number of halogens is 1. The molecule has 0 radical (unpaired) electrons. The lowest BCUT2D eigenvalue weighted by Gasteiger charge is -2.30. The molecule has 0 amide bonds. The molecule has 1 aromatic rings. The third-order valence-electron chi connectivity index (χ3n) is 3.06. The summed E-state index contributed by atoms with van der Waals surface area (Å²) in [6.07, 6.45) is 0.284. The number of likely N-dealkylation sites (N-methyl/N-ethyl adjacent to an activating group) is 1. The molecule has 1 fully saturated rings. The summed E-state index contributed by atoms with van der Waals surface area (Å²) < 4.78 is 6.84. The minimum atomic E-state index is 0.284. The second kappa shape index (κ2) is 5.85. The average Bonchev–Trinajstić information content (AvgIpc) is 2.33. The highest BCUT2D eigenvalue weighted by atomic mass is 79.9. The summed E-state index contributed by atoms with van der Waals surface area (Å²) in [4.78, 5) is 2.26. The van der Waals surface area contributed by atoms with Gasteiger partial charge in [-0.2, -0.15) is 0 Å². The fourth-order valence-electron chi connectivity index (χ4n) is 2.13. The predicted octanol–water partition coefficient (Wildman–Crippen LogP) is 2.18. The molecule has 0 saturated carbocycles. The van der Waals surface area contributed by atoms with Gasteiger partial charge >= 0.3 is 0 Å². The zero-order chi connectivity index (χ0) is 12.3. The lowest BCUT2D eigenvalue weighted by atomic mass is 10.1. The number of morpholine rings is 1. The van der Waals surface area contributed by atoms with Crippen LogP contribution in [0.2, 0.25) is 0 Å². The molecule has 1 unspecified atom stereocenters. The molecule has 2 rings (SSSR count). The first-order chi connectivity index (χ1) is 8.16. The smallest absolute Gasteiger partial charge is 0.0874 e. The van der Waals surface area contributed by atoms with Gasteiger partial charge in [0.2, 0.25) is 0 Å². The van der Waals surface area contributed by atoms with Crippen molar-refractivity contribution in [3.63, 3.8) is 0 Å². The Morgan fingerprint density at radius 3 is 3.06 bits per heavy atom. The first-order valence-corrected chi connectivity index (χ1v) is 6.76. The molecule has 1 heterocycles. The summed E-state index contributed by atoms with van der Waals surface area (Å²) in [7, 11) is 2.12. The van der Waals surface area contributed by atoms with Gasteiger partial charge in [0.25, 0.3) is 0 Å². The molecular formula is C13H19BrN2O. The zero-order valence-electron chi connectivity index (χ0n) is 10.4. The standard InChI is InChI=1S/C13H19BrN2O/c1-10-3-4-11(14)7-13(10)16(2)9-12-8-15-5-6-17-12/h3-4,7,12,15H,5-6,8-9H2,1-2H3. The van der Waals surface area contributed by atoms with Crippen molar-refractivity contribution in [2.75, 3.05) is 38.2 Å². The number of hydrogen-bond donors (Lipinski definition) is 1. The van der Waals surface area contributed by atoms with E-state index >= 15 is 0 Å². The predicted molar refractivity (Wildman–Crippen MR) is 74.8 cm³/mol. The molecule has 0 aliphatic carbocycles. The molecule has 1 aliphatic rings. The fourth-order valence-corrected chi connectivity index (χ4v) is 2.48. The number of benzene rings is 1. The molecular weight excluding hydrogens is 280 g/mol. The van der Waals surface area contributed by atoms with Gasteiger partial charge in [0.05, 0.1) is 12.7 Å². The molecule has 3 nitrogen and oxygen atoms in total. The number of rotatable bonds is 3. The molecule has 4 heteroatoms. The first kappa shape index (κ1) is 12.9. The number of hydrogen-bond acceptors (Lipinski definition) is 3. The topological polar surface area (TPSA) is 24.5 Å². The second-order valence-corrected chi connectivity index (χ2v) is 5.42. The van der Waals surface area contributed by atoms with Gasteiger partial charge in [-0.15, -0.1) is 0 Å². The Kier molecular flexibility index (Phi) is 4.42. The zero-order valence-corrected chi connectivity index (χ0v) is 12.0. The van der Waals surface area contributed by atoms with Crippen molar-refractivity contribution < 1.29 is 4.74 Å². The van der Waals surface area contributed by atoms with E-state index in [1.165, 1.54) is 11.3 Å². The maximum Gasteiger partial charge on any atom is 0.0874 e. The molecule has 1 N–H and O–H groups in total. The minimum Gasteiger partial charge on any atom is -0.374 e. The molecule has 1 saturated heterocycles. The van der Waals surface area contributed by atoms with Crippen molar-refractivity contribution in [2.24, 2.45) is 0 Å². The monoisotopic (exact) mass is 298 g/mol. The third-order valence-corrected chi connectivity index (χ3v) is 3.56. The van der Waals surface area contributed by atoms with Gasteiger partial charge in [-0.05, 0) is 24.6 Å². The number of ether oxygens (including phenoxy) is 1. The van der Waals surface area contributed by atoms with Crippen LogP contribution in [0.1, 0.15) is 5.56 Å². The maximum absolute atomic E-state index is 5.72. The molecule has 1 aromatic carbocycles. The number of nitrogens with one attached hydrogen (secondary N) is 1. The van der Waals surface area contributed by atoms with Gasteiger partial charge in [-0.3, -0.25) is 0 Å². The van der Waals surface area contributed by atoms with E-state index in [-0.39, 0.29) is 6.10 Å². The van der Waals surface area contributed by atoms with Crippen LogP contribution in [-0.4, -0.2) is 39.4 Å². The SMILES string of the molecule is Cc1ccc(Br)cc1N(C)CC1CNCCO1. The van der Waals surface area contributed by atoms with Crippen LogP contribution >= 0.6 is 15.9 Å². The Bertz CT molecular complexity index is 378. The highest BCUT2D eigenvalue weighted by Crippen LogP contribution is 2.24. The van der Waals surface area contributed by atoms with E-state index < -0.39 is 0 Å². The molecule has 0 spiro atoms. The quantitative estimate of drug-likeness (QED) is 0.926. The van der Waals surface area contributed by atoms with E-state index in [1.54, 1.807) is 0 Å². The van der Waals surface area contributed by atoms with Crippen molar-refractivity contribution in [3.05, 3.63) is 28.2 Å². The van der Waals surface area contributed by atoms with Crippen LogP contribution in [0.3, 0.4) is 0 Å². The Labute approximate surface area is 111 Å². The number of nitrogens with zero attached hydrogens (tertiary/aromatic N) is 1. The fraction of sp³-hybridized carbons (Fsp3) is 0.538. The van der Waals surface area contributed by atoms with Gasteiger partial charge in [0, 0.05) is 36.8 Å². The van der Waals surface area contributed by atoms with Crippen molar-refractivity contribution >= 4 is 21.6 Å². The molecule has 94 valence electrons. The summed E-state index contributed by atoms with van der Waals surface area (Å²) in [5, 5.41) is 3.36. The van der Waals surface area contributed by atoms with Crippen LogP contribution in [0.4, 0.5) is 5.69 Å². The van der Waals surface area contributed by atoms with Gasteiger partial charge < -0.3 is 15.0 Å². The van der Waals surface area contributed by atoms with Gasteiger partial charge in [-0.25, -0.2) is 0 Å². The summed E-state index contributed by atoms with van der Waals surface area (Å²) in [6.45, 7) is 5.78. The van der Waals surface area contributed by atoms with Crippen LogP contribution < -0.4 is 10.2 Å². The van der Waals surface area contributed by atoms with E-state index in [9.17, 15) is 0 Å². The van der Waals surface area contributed by atoms with Gasteiger partial charge in [0.1, 0.15) is 0 Å². The number of aryl methyl sites for hydroxylation is 1. The average molecular weight is 299 g/mol. The van der Waals surface area contributed by atoms with E-state index in [4.69, 9.17) is 4.74 Å². The summed E-state index contributed by atoms with van der Waals surface area (Å²) in [5.41, 5.74) is 2.55. The maximum atomic E-state index is 5.72. The van der Waals surface area contributed by atoms with E-state index in [0.29, 0.717) is 0 Å². The van der Waals surface area contributed by atoms with Crippen LogP contribution in [0.25, 0.3) is 0 Å². The van der Waals surface area contributed by atoms with E-state index in [1.807, 2.05) is 0 Å². The highest BCUT2D eigenvalue weighted by Gasteiger charge is 2.16. The Morgan fingerprint density at radius 2 is 2.35 bits per heavy atom. The van der Waals surface area contributed by atoms with Crippen LogP contribution in [0.15, 0.2) is 22.7 Å². The van der Waals surface area contributed by atoms with Crippen molar-refractivity contribution in [1.82, 2.24) is 5.32 Å². The van der Waals surface area contributed by atoms with Crippen molar-refractivity contribution in [1.29, 1.82) is 0 Å². The van der Waals surface area contributed by atoms with Gasteiger partial charge in [0.15, 0.2) is 0 Å². The van der Waals surface area contributed by atoms with Crippen LogP contribution in [0, 0.1) is 6.92 Å². The highest BCUT2D eigenvalue weighted by molar-refractivity contribution is 9.10. The van der Waals surface area contributed by atoms with E-state index in [2.05, 4.69) is 58.3 Å². The van der Waals surface area contributed by atoms with Crippen LogP contribution in [0.5, 0.6) is 0 Å². The Balaban J connectivity index is 2.02. The molecule has 1 aliphatic heterocycles. The molecule has 17 heavy (non-hydrogen) atoms. The lowest BCUT2D eigenvalue weighted by molar-refractivity contribution is 0.0340. The Morgan fingerprint density at radius 1 is 1.53 bits per heavy atom. The summed E-state index contributed by atoms with van der Waals surface area (Å²) >= 11 is 3.52. The van der Waals surface area contributed by atoms with Gasteiger partial charge in [-0.1, -0.05) is 22.0 Å². The van der Waals surface area contributed by atoms with Crippen molar-refractivity contribution in [3.8, 4) is 0 Å².